The van der Waals surface area contributed by atoms with Crippen LogP contribution in [0.2, 0.25) is 0 Å². The third-order valence-electron chi connectivity index (χ3n) is 3.76. The van der Waals surface area contributed by atoms with E-state index in [2.05, 4.69) is 4.98 Å². The monoisotopic (exact) mass is 339 g/mol. The lowest BCUT2D eigenvalue weighted by molar-refractivity contribution is -0.135. The van der Waals surface area contributed by atoms with Crippen LogP contribution >= 0.6 is 0 Å². The number of carbonyl (C=O) groups is 2. The maximum absolute atomic E-state index is 13.0. The number of aliphatic carboxylic acids is 1. The Hall–Kier alpha value is -3.41. The summed E-state index contributed by atoms with van der Waals surface area (Å²) in [7, 11) is 0. The first kappa shape index (κ1) is 16.4. The molecule has 0 saturated heterocycles. The average molecular weight is 339 g/mol. The van der Waals surface area contributed by atoms with Crippen molar-refractivity contribution in [2.45, 2.75) is 6.42 Å². The second-order valence-corrected chi connectivity index (χ2v) is 5.60. The van der Waals surface area contributed by atoms with Gasteiger partial charge in [0.25, 0.3) is 0 Å². The van der Waals surface area contributed by atoms with E-state index in [4.69, 9.17) is 10.2 Å². The van der Waals surface area contributed by atoms with Crippen molar-refractivity contribution in [1.29, 1.82) is 0 Å². The molecule has 0 saturated carbocycles. The number of hydrogen-bond donors (Lipinski definition) is 3. The summed E-state index contributed by atoms with van der Waals surface area (Å²) in [5.41, 5.74) is 2.82. The number of aromatic nitrogens is 1. The van der Waals surface area contributed by atoms with Gasteiger partial charge in [-0.25, -0.2) is 9.18 Å². The Morgan fingerprint density at radius 1 is 1.04 bits per heavy atom. The van der Waals surface area contributed by atoms with Gasteiger partial charge < -0.3 is 15.2 Å². The molecule has 0 aliphatic rings. The van der Waals surface area contributed by atoms with Crippen LogP contribution in [0, 0.1) is 5.82 Å². The zero-order chi connectivity index (χ0) is 18.0. The number of hydrogen-bond acceptors (Lipinski definition) is 3. The Bertz CT molecular complexity index is 986. The normalized spacial score (nSPS) is 11.6. The fourth-order valence-corrected chi connectivity index (χ4v) is 2.53. The highest BCUT2D eigenvalue weighted by atomic mass is 19.1. The van der Waals surface area contributed by atoms with Gasteiger partial charge >= 0.3 is 5.97 Å². The first-order valence-corrected chi connectivity index (χ1v) is 7.47. The molecule has 0 bridgehead atoms. The number of benzene rings is 2. The Morgan fingerprint density at radius 2 is 1.76 bits per heavy atom. The molecular weight excluding hydrogens is 325 g/mol. The summed E-state index contributed by atoms with van der Waals surface area (Å²) in [6.45, 7) is 0. The largest absolute Gasteiger partial charge is 0.502 e. The first-order chi connectivity index (χ1) is 11.9. The van der Waals surface area contributed by atoms with E-state index in [9.17, 15) is 14.0 Å². The average Bonchev–Trinajstić information content (AvgIpc) is 2.98. The Morgan fingerprint density at radius 3 is 2.44 bits per heavy atom. The van der Waals surface area contributed by atoms with E-state index in [1.165, 1.54) is 12.1 Å². The molecule has 3 rings (SSSR count). The minimum Gasteiger partial charge on any atom is -0.502 e. The van der Waals surface area contributed by atoms with Crippen LogP contribution in [-0.2, 0) is 11.2 Å². The molecule has 126 valence electrons. The number of carbonyl (C=O) groups excluding carboxylic acids is 1. The lowest BCUT2D eigenvalue weighted by Gasteiger charge is -1.99. The highest BCUT2D eigenvalue weighted by Gasteiger charge is 2.11. The fraction of sp³-hybridized carbons (Fsp3) is 0.0526. The van der Waals surface area contributed by atoms with Crippen LogP contribution in [0.4, 0.5) is 4.39 Å². The SMILES string of the molecule is O=C(O)C(O)=CC(=O)c1ccc2cc(Cc3ccc(F)cc3)[nH]c2c1. The number of aromatic amines is 1. The van der Waals surface area contributed by atoms with E-state index < -0.39 is 17.5 Å². The molecule has 0 amide bonds. The standard InChI is InChI=1S/C19H14FNO4/c20-14-5-1-11(2-6-14)7-15-8-12-3-4-13(9-16(12)21-15)17(22)10-18(23)19(24)25/h1-6,8-10,21,23H,7H2,(H,24,25). The summed E-state index contributed by atoms with van der Waals surface area (Å²) < 4.78 is 13.0. The van der Waals surface area contributed by atoms with Crippen molar-refractivity contribution in [3.05, 3.63) is 83.0 Å². The number of aliphatic hydroxyl groups excluding tert-OH is 1. The van der Waals surface area contributed by atoms with Gasteiger partial charge in [0, 0.05) is 29.3 Å². The molecule has 3 aromatic rings. The third kappa shape index (κ3) is 3.74. The van der Waals surface area contributed by atoms with Crippen LogP contribution in [0.15, 0.2) is 60.4 Å². The van der Waals surface area contributed by atoms with Crippen LogP contribution in [-0.4, -0.2) is 26.9 Å². The highest BCUT2D eigenvalue weighted by molar-refractivity contribution is 6.09. The van der Waals surface area contributed by atoms with E-state index in [1.54, 1.807) is 30.3 Å². The lowest BCUT2D eigenvalue weighted by Crippen LogP contribution is -2.03. The minimum absolute atomic E-state index is 0.260. The third-order valence-corrected chi connectivity index (χ3v) is 3.76. The van der Waals surface area contributed by atoms with E-state index in [0.717, 1.165) is 16.6 Å². The molecular formula is C19H14FNO4. The number of rotatable bonds is 5. The summed E-state index contributed by atoms with van der Waals surface area (Å²) in [4.78, 5) is 25.7. The van der Waals surface area contributed by atoms with Crippen molar-refractivity contribution < 1.29 is 24.2 Å². The van der Waals surface area contributed by atoms with E-state index in [1.807, 2.05) is 6.07 Å². The van der Waals surface area contributed by atoms with Crippen molar-refractivity contribution >= 4 is 22.7 Å². The van der Waals surface area contributed by atoms with Crippen LogP contribution in [0.3, 0.4) is 0 Å². The van der Waals surface area contributed by atoms with Crippen molar-refractivity contribution in [1.82, 2.24) is 4.98 Å². The summed E-state index contributed by atoms with van der Waals surface area (Å²) in [6, 6.07) is 13.0. The second-order valence-electron chi connectivity index (χ2n) is 5.60. The van der Waals surface area contributed by atoms with Gasteiger partial charge in [-0.3, -0.25) is 4.79 Å². The lowest BCUT2D eigenvalue weighted by atomic mass is 10.1. The van der Waals surface area contributed by atoms with Gasteiger partial charge in [-0.15, -0.1) is 0 Å². The fourth-order valence-electron chi connectivity index (χ4n) is 2.53. The van der Waals surface area contributed by atoms with Gasteiger partial charge in [0.2, 0.25) is 5.76 Å². The van der Waals surface area contributed by atoms with Crippen LogP contribution in [0.1, 0.15) is 21.6 Å². The van der Waals surface area contributed by atoms with Gasteiger partial charge in [0.1, 0.15) is 5.82 Å². The number of aliphatic hydroxyl groups is 1. The molecule has 0 aliphatic heterocycles. The van der Waals surface area contributed by atoms with Gasteiger partial charge in [0.05, 0.1) is 0 Å². The quantitative estimate of drug-likeness (QED) is 0.376. The molecule has 6 heteroatoms. The van der Waals surface area contributed by atoms with E-state index in [-0.39, 0.29) is 11.4 Å². The summed E-state index contributed by atoms with van der Waals surface area (Å²) in [6.07, 6.45) is 1.25. The Kier molecular flexibility index (Phi) is 4.35. The predicted molar refractivity (Wildman–Crippen MR) is 90.2 cm³/mol. The molecule has 2 aromatic carbocycles. The summed E-state index contributed by atoms with van der Waals surface area (Å²) in [5.74, 6) is -3.46. The molecule has 0 unspecified atom stereocenters. The van der Waals surface area contributed by atoms with E-state index >= 15 is 0 Å². The number of ketones is 1. The molecule has 1 heterocycles. The minimum atomic E-state index is -1.56. The van der Waals surface area contributed by atoms with Crippen molar-refractivity contribution in [3.8, 4) is 0 Å². The first-order valence-electron chi connectivity index (χ1n) is 7.47. The van der Waals surface area contributed by atoms with E-state index in [0.29, 0.717) is 18.0 Å². The van der Waals surface area contributed by atoms with Crippen molar-refractivity contribution in [3.63, 3.8) is 0 Å². The second kappa shape index (κ2) is 6.60. The van der Waals surface area contributed by atoms with Crippen LogP contribution in [0.25, 0.3) is 10.9 Å². The number of carboxylic acid groups (broad SMARTS) is 1. The Balaban J connectivity index is 1.86. The number of nitrogens with one attached hydrogen (secondary N) is 1. The number of halogens is 1. The maximum Gasteiger partial charge on any atom is 0.371 e. The highest BCUT2D eigenvalue weighted by Crippen LogP contribution is 2.20. The van der Waals surface area contributed by atoms with Crippen LogP contribution < -0.4 is 0 Å². The molecule has 0 fully saturated rings. The molecule has 5 nitrogen and oxygen atoms in total. The molecule has 1 aromatic heterocycles. The molecule has 0 spiro atoms. The predicted octanol–water partition coefficient (Wildman–Crippen LogP) is 3.61. The van der Waals surface area contributed by atoms with Gasteiger partial charge in [-0.05, 0) is 35.2 Å². The van der Waals surface area contributed by atoms with Gasteiger partial charge in [-0.2, -0.15) is 0 Å². The van der Waals surface area contributed by atoms with Crippen molar-refractivity contribution in [2.75, 3.05) is 0 Å². The Labute approximate surface area is 142 Å². The zero-order valence-electron chi connectivity index (χ0n) is 13.0. The summed E-state index contributed by atoms with van der Waals surface area (Å²) in [5, 5.41) is 18.7. The number of H-pyrrole nitrogens is 1. The van der Waals surface area contributed by atoms with Crippen molar-refractivity contribution in [2.24, 2.45) is 0 Å². The molecule has 3 N–H and O–H groups in total. The van der Waals surface area contributed by atoms with Gasteiger partial charge in [0.15, 0.2) is 5.78 Å². The number of fused-ring (bicyclic) bond motifs is 1. The molecule has 0 aliphatic carbocycles. The molecule has 0 radical (unpaired) electrons. The van der Waals surface area contributed by atoms with Crippen LogP contribution in [0.5, 0.6) is 0 Å². The topological polar surface area (TPSA) is 90.4 Å². The number of carboxylic acids is 1. The zero-order valence-corrected chi connectivity index (χ0v) is 13.0. The smallest absolute Gasteiger partial charge is 0.371 e. The molecule has 0 atom stereocenters. The number of allylic oxidation sites excluding steroid dienone is 1. The summed E-state index contributed by atoms with van der Waals surface area (Å²) >= 11 is 0. The van der Waals surface area contributed by atoms with Gasteiger partial charge in [-0.1, -0.05) is 24.3 Å². The maximum atomic E-state index is 13.0. The molecule has 25 heavy (non-hydrogen) atoms.